The predicted molar refractivity (Wildman–Crippen MR) is 257 cm³/mol. The first-order valence-corrected chi connectivity index (χ1v) is 24.6. The van der Waals surface area contributed by atoms with Crippen molar-refractivity contribution in [2.45, 2.75) is 95.0 Å². The highest BCUT2D eigenvalue weighted by atomic mass is 35.5. The van der Waals surface area contributed by atoms with Crippen molar-refractivity contribution in [3.8, 4) is 5.75 Å². The van der Waals surface area contributed by atoms with Crippen LogP contribution in [0.2, 0.25) is 5.02 Å². The average Bonchev–Trinajstić information content (AvgIpc) is 3.69. The number of hydrogen-bond acceptors (Lipinski definition) is 11. The maximum absolute atomic E-state index is 14.5. The molecule has 66 heavy (non-hydrogen) atoms. The van der Waals surface area contributed by atoms with Crippen LogP contribution in [0.25, 0.3) is 10.9 Å². The molecule has 0 bridgehead atoms. The van der Waals surface area contributed by atoms with Crippen molar-refractivity contribution in [3.63, 3.8) is 0 Å². The van der Waals surface area contributed by atoms with E-state index in [2.05, 4.69) is 36.9 Å². The molecule has 3 aromatic carbocycles. The normalized spacial score (nSPS) is 21.2. The fourth-order valence-corrected chi connectivity index (χ4v) is 9.55. The second-order valence-electron chi connectivity index (χ2n) is 16.4. The van der Waals surface area contributed by atoms with E-state index in [1.54, 1.807) is 56.4 Å². The van der Waals surface area contributed by atoms with Gasteiger partial charge in [0.15, 0.2) is 0 Å². The molecule has 4 aromatic rings. The van der Waals surface area contributed by atoms with Crippen molar-refractivity contribution in [2.75, 3.05) is 18.1 Å². The van der Waals surface area contributed by atoms with Crippen LogP contribution in [0.3, 0.4) is 0 Å². The quantitative estimate of drug-likeness (QED) is 0.0648. The van der Waals surface area contributed by atoms with E-state index in [1.165, 1.54) is 33.7 Å². The minimum atomic E-state index is -1.24. The highest BCUT2D eigenvalue weighted by Gasteiger charge is 2.35. The number of carbonyl (C=O) groups excluding carboxylic acids is 7. The second-order valence-corrected chi connectivity index (χ2v) is 19.5. The summed E-state index contributed by atoms with van der Waals surface area (Å²) < 4.78 is 0. The minimum absolute atomic E-state index is 0.00323. The maximum Gasteiger partial charge on any atom is 0.244 e. The number of H-pyrrole nitrogens is 1. The molecule has 0 unspecified atom stereocenters. The van der Waals surface area contributed by atoms with Gasteiger partial charge in [-0.2, -0.15) is 0 Å². The number of aromatic nitrogens is 1. The Morgan fingerprint density at radius 1 is 0.788 bits per heavy atom. The van der Waals surface area contributed by atoms with Crippen molar-refractivity contribution in [3.05, 3.63) is 101 Å². The largest absolute Gasteiger partial charge is 0.508 e. The lowest BCUT2D eigenvalue weighted by molar-refractivity contribution is -0.135. The monoisotopic (exact) mass is 963 g/mol. The summed E-state index contributed by atoms with van der Waals surface area (Å²) in [4.78, 5) is 100. The summed E-state index contributed by atoms with van der Waals surface area (Å²) in [6.07, 6.45) is 2.86. The highest BCUT2D eigenvalue weighted by Crippen LogP contribution is 2.24. The van der Waals surface area contributed by atoms with Crippen LogP contribution in [0, 0.1) is 5.92 Å². The number of phenolic OH excluding ortho intramolecular Hbond substituents is 1. The van der Waals surface area contributed by atoms with Gasteiger partial charge in [0.2, 0.25) is 41.4 Å². The Morgan fingerprint density at radius 3 is 2.12 bits per heavy atom. The van der Waals surface area contributed by atoms with Gasteiger partial charge >= 0.3 is 0 Å². The van der Waals surface area contributed by atoms with Crippen LogP contribution in [0.5, 0.6) is 5.75 Å². The fourth-order valence-electron chi connectivity index (χ4n) is 7.27. The number of rotatable bonds is 14. The molecule has 17 nitrogen and oxygen atoms in total. The number of nitrogens with two attached hydrogens (primary N) is 2. The zero-order valence-corrected chi connectivity index (χ0v) is 39.2. The molecule has 5 rings (SSSR count). The molecule has 1 fully saturated rings. The predicted octanol–water partition coefficient (Wildman–Crippen LogP) is 2.52. The number of carbonyl (C=O) groups is 7. The second kappa shape index (κ2) is 25.2. The molecule has 7 amide bonds. The molecule has 354 valence electrons. The Labute approximate surface area is 396 Å². The van der Waals surface area contributed by atoms with Gasteiger partial charge in [0.25, 0.3) is 0 Å². The number of fused-ring (bicyclic) bond motifs is 1. The summed E-state index contributed by atoms with van der Waals surface area (Å²) >= 11 is 6.04. The first-order valence-electron chi connectivity index (χ1n) is 21.7. The number of aromatic amines is 1. The lowest BCUT2D eigenvalue weighted by atomic mass is 10.00. The Hall–Kier alpha value is -5.76. The zero-order chi connectivity index (χ0) is 47.8. The molecule has 0 aliphatic carbocycles. The SMILES string of the molecule is CC(C)[C@@H]1NC(=O)[C@H](CCCCN)NC(=O)[C@@H](Cc2c[nH]c3ccccc23)NC(=O)[C@H](Cc2ccc(O)cc2)NC(=O)CCSSC[C@@H](C(=O)N[C@H](Cc2ccc(Cl)cc2)C(N)=O)NC1=O. The first kappa shape index (κ1) is 51.2. The molecule has 12 N–H and O–H groups in total. The Balaban J connectivity index is 1.47. The van der Waals surface area contributed by atoms with Gasteiger partial charge in [0, 0.05) is 59.3 Å². The highest BCUT2D eigenvalue weighted by molar-refractivity contribution is 8.76. The topological polar surface area (TPSA) is 280 Å². The van der Waals surface area contributed by atoms with E-state index < -0.39 is 83.5 Å². The van der Waals surface area contributed by atoms with Gasteiger partial charge in [0.1, 0.15) is 42.0 Å². The lowest BCUT2D eigenvalue weighted by Crippen LogP contribution is -2.61. The molecule has 0 saturated carbocycles. The van der Waals surface area contributed by atoms with E-state index in [0.29, 0.717) is 41.1 Å². The molecule has 20 heteroatoms. The number of hydrogen-bond donors (Lipinski definition) is 10. The van der Waals surface area contributed by atoms with Crippen molar-refractivity contribution < 1.29 is 38.7 Å². The molecule has 1 saturated heterocycles. The van der Waals surface area contributed by atoms with Gasteiger partial charge in [-0.1, -0.05) is 89.5 Å². The summed E-state index contributed by atoms with van der Waals surface area (Å²) in [7, 11) is 2.44. The van der Waals surface area contributed by atoms with Gasteiger partial charge < -0.3 is 53.5 Å². The number of primary amides is 1. The third-order valence-corrected chi connectivity index (χ3v) is 13.6. The number of halogens is 1. The van der Waals surface area contributed by atoms with Crippen molar-refractivity contribution in [2.24, 2.45) is 17.4 Å². The third-order valence-electron chi connectivity index (χ3n) is 11.0. The number of aromatic hydroxyl groups is 1. The number of benzene rings is 3. The average molecular weight is 965 g/mol. The molecular weight excluding hydrogens is 906 g/mol. The fraction of sp³-hybridized carbons (Fsp3) is 0.413. The van der Waals surface area contributed by atoms with Crippen LogP contribution in [-0.4, -0.2) is 106 Å². The van der Waals surface area contributed by atoms with Crippen LogP contribution >= 0.6 is 33.2 Å². The summed E-state index contributed by atoms with van der Waals surface area (Å²) in [5, 5.41) is 27.9. The van der Waals surface area contributed by atoms with E-state index in [0.717, 1.165) is 10.9 Å². The van der Waals surface area contributed by atoms with Gasteiger partial charge in [-0.25, -0.2) is 0 Å². The lowest BCUT2D eigenvalue weighted by Gasteiger charge is -2.29. The Morgan fingerprint density at radius 2 is 1.44 bits per heavy atom. The minimum Gasteiger partial charge on any atom is -0.508 e. The third kappa shape index (κ3) is 15.4. The summed E-state index contributed by atoms with van der Waals surface area (Å²) in [6, 6.07) is 13.2. The first-order chi connectivity index (χ1) is 31.6. The van der Waals surface area contributed by atoms with Gasteiger partial charge in [-0.3, -0.25) is 33.6 Å². The molecule has 2 heterocycles. The molecule has 0 spiro atoms. The van der Waals surface area contributed by atoms with E-state index in [-0.39, 0.29) is 49.4 Å². The molecule has 0 radical (unpaired) electrons. The van der Waals surface area contributed by atoms with Crippen molar-refractivity contribution >= 4 is 85.4 Å². The van der Waals surface area contributed by atoms with Gasteiger partial charge in [0.05, 0.1) is 0 Å². The van der Waals surface area contributed by atoms with Crippen molar-refractivity contribution in [1.82, 2.24) is 36.9 Å². The molecule has 1 aromatic heterocycles. The van der Waals surface area contributed by atoms with E-state index >= 15 is 0 Å². The van der Waals surface area contributed by atoms with Crippen LogP contribution in [0.15, 0.2) is 79.0 Å². The summed E-state index contributed by atoms with van der Waals surface area (Å²) in [6.45, 7) is 3.75. The summed E-state index contributed by atoms with van der Waals surface area (Å²) in [5.74, 6) is -4.98. The van der Waals surface area contributed by atoms with E-state index in [9.17, 15) is 38.7 Å². The standard InChI is InChI=1S/C46H58ClN9O8S2/c1-26(2)40-46(64)55-38(45(63)53-35(41(49)59)21-27-10-14-30(47)15-11-27)25-66-65-20-18-39(58)51-36(22-28-12-16-31(57)17-13-28)43(61)54-37(23-29-24-50-33-8-4-3-7-32(29)33)44(62)52-34(42(60)56-40)9-5-6-19-48/h3-4,7-8,10-17,24,26,34-38,40,50,57H,5-6,9,18-23,25,48H2,1-2H3,(H2,49,59)(H,51,58)(H,52,62)(H,53,63)(H,54,61)(H,55,64)(H,56,60)/t34-,35+,36-,37+,38-,40-/m0/s1. The number of para-hydroxylation sites is 1. The van der Waals surface area contributed by atoms with Crippen LogP contribution < -0.4 is 43.4 Å². The maximum atomic E-state index is 14.5. The molecule has 1 aliphatic rings. The number of nitrogens with one attached hydrogen (secondary N) is 7. The summed E-state index contributed by atoms with van der Waals surface area (Å²) in [5.41, 5.74) is 14.3. The zero-order valence-electron chi connectivity index (χ0n) is 36.8. The molecule has 6 atom stereocenters. The smallest absolute Gasteiger partial charge is 0.244 e. The van der Waals surface area contributed by atoms with E-state index in [4.69, 9.17) is 23.1 Å². The van der Waals surface area contributed by atoms with Crippen LogP contribution in [0.1, 0.15) is 56.2 Å². The number of phenols is 1. The van der Waals surface area contributed by atoms with Gasteiger partial charge in [-0.15, -0.1) is 0 Å². The van der Waals surface area contributed by atoms with E-state index in [1.807, 2.05) is 24.3 Å². The van der Waals surface area contributed by atoms with Crippen LogP contribution in [-0.2, 0) is 52.8 Å². The van der Waals surface area contributed by atoms with Crippen molar-refractivity contribution in [1.29, 1.82) is 0 Å². The number of amides is 7. The Kier molecular flexibility index (Phi) is 19.6. The van der Waals surface area contributed by atoms with Gasteiger partial charge in [-0.05, 0) is 78.7 Å². The Bertz CT molecular complexity index is 2310. The molecule has 1 aliphatic heterocycles. The molecular formula is C46H58ClN9O8S2. The van der Waals surface area contributed by atoms with Crippen LogP contribution in [0.4, 0.5) is 0 Å². The number of unbranched alkanes of at least 4 members (excludes halogenated alkanes) is 1.